The van der Waals surface area contributed by atoms with Crippen LogP contribution in [0.4, 0.5) is 5.69 Å². The molecule has 0 atom stereocenters. The molecule has 2 rings (SSSR count). The molecule has 20 heavy (non-hydrogen) atoms. The quantitative estimate of drug-likeness (QED) is 0.840. The van der Waals surface area contributed by atoms with Gasteiger partial charge < -0.3 is 10.5 Å². The Morgan fingerprint density at radius 1 is 1.40 bits per heavy atom. The number of benzene rings is 1. The highest BCUT2D eigenvalue weighted by molar-refractivity contribution is 9.10. The van der Waals surface area contributed by atoms with E-state index in [9.17, 15) is 8.42 Å². The molecule has 0 aliphatic carbocycles. The number of ether oxygens (including phenoxy) is 1. The minimum Gasteiger partial charge on any atom is -0.495 e. The number of halogens is 1. The number of hydrogen-bond donors (Lipinski definition) is 2. The van der Waals surface area contributed by atoms with E-state index in [0.717, 1.165) is 4.47 Å². The predicted octanol–water partition coefficient (Wildman–Crippen LogP) is 2.78. The highest BCUT2D eigenvalue weighted by Gasteiger charge is 2.20. The summed E-state index contributed by atoms with van der Waals surface area (Å²) in [4.78, 5) is 0.818. The van der Waals surface area contributed by atoms with Gasteiger partial charge in [-0.05, 0) is 29.6 Å². The smallest absolute Gasteiger partial charge is 0.263 e. The first-order chi connectivity index (χ1) is 9.47. The lowest BCUT2D eigenvalue weighted by Gasteiger charge is -2.12. The van der Waals surface area contributed by atoms with Crippen LogP contribution >= 0.6 is 27.3 Å². The molecule has 1 aromatic heterocycles. The van der Waals surface area contributed by atoms with Crippen LogP contribution in [0.2, 0.25) is 0 Å². The van der Waals surface area contributed by atoms with Crippen molar-refractivity contribution in [2.24, 2.45) is 5.73 Å². The summed E-state index contributed by atoms with van der Waals surface area (Å²) >= 11 is 4.62. The summed E-state index contributed by atoms with van der Waals surface area (Å²) in [5, 5.41) is 1.70. The largest absolute Gasteiger partial charge is 0.495 e. The molecule has 0 amide bonds. The summed E-state index contributed by atoms with van der Waals surface area (Å²) in [6, 6.07) is 6.64. The second kappa shape index (κ2) is 6.13. The van der Waals surface area contributed by atoms with Crippen molar-refractivity contribution in [1.82, 2.24) is 0 Å². The molecule has 0 saturated heterocycles. The van der Waals surface area contributed by atoms with E-state index in [1.807, 2.05) is 0 Å². The van der Waals surface area contributed by atoms with Gasteiger partial charge in [0.15, 0.2) is 0 Å². The van der Waals surface area contributed by atoms with E-state index in [1.54, 1.807) is 29.6 Å². The van der Waals surface area contributed by atoms with Crippen molar-refractivity contribution in [3.63, 3.8) is 0 Å². The zero-order chi connectivity index (χ0) is 14.8. The van der Waals surface area contributed by atoms with Gasteiger partial charge in [0.05, 0.1) is 12.8 Å². The zero-order valence-electron chi connectivity index (χ0n) is 10.6. The summed E-state index contributed by atoms with van der Waals surface area (Å²) in [7, 11) is -2.20. The summed E-state index contributed by atoms with van der Waals surface area (Å²) in [6.45, 7) is 0.184. The maximum absolute atomic E-state index is 12.4. The highest BCUT2D eigenvalue weighted by Crippen LogP contribution is 2.31. The van der Waals surface area contributed by atoms with E-state index in [-0.39, 0.29) is 11.4 Å². The lowest BCUT2D eigenvalue weighted by Crippen LogP contribution is -2.15. The molecule has 5 nitrogen and oxygen atoms in total. The van der Waals surface area contributed by atoms with Crippen molar-refractivity contribution in [1.29, 1.82) is 0 Å². The normalized spacial score (nSPS) is 11.3. The zero-order valence-corrected chi connectivity index (χ0v) is 13.8. The first-order valence-corrected chi connectivity index (χ1v) is 8.76. The van der Waals surface area contributed by atoms with Crippen LogP contribution < -0.4 is 15.2 Å². The lowest BCUT2D eigenvalue weighted by molar-refractivity contribution is 0.417. The Hall–Kier alpha value is -1.09. The topological polar surface area (TPSA) is 81.4 Å². The number of nitrogens with two attached hydrogens (primary N) is 1. The van der Waals surface area contributed by atoms with Gasteiger partial charge in [-0.25, -0.2) is 8.42 Å². The molecule has 1 aromatic carbocycles. The fraction of sp³-hybridized carbons (Fsp3) is 0.167. The van der Waals surface area contributed by atoms with Crippen molar-refractivity contribution in [3.8, 4) is 5.75 Å². The fourth-order valence-corrected chi connectivity index (χ4v) is 4.44. The SMILES string of the molecule is COc1ccc(Br)cc1NS(=O)(=O)c1ccsc1CN. The predicted molar refractivity (Wildman–Crippen MR) is 83.7 cm³/mol. The standard InChI is InChI=1S/C12H13BrN2O3S2/c1-18-10-3-2-8(13)6-9(10)15-20(16,17)12-4-5-19-11(12)7-14/h2-6,15H,7,14H2,1H3. The minimum atomic E-state index is -3.68. The van der Waals surface area contributed by atoms with E-state index in [1.165, 1.54) is 18.4 Å². The minimum absolute atomic E-state index is 0.184. The number of sulfonamides is 1. The Bertz CT molecular complexity index is 713. The average molecular weight is 377 g/mol. The maximum Gasteiger partial charge on any atom is 0.263 e. The van der Waals surface area contributed by atoms with Crippen LogP contribution in [0.25, 0.3) is 0 Å². The number of hydrogen-bond acceptors (Lipinski definition) is 5. The van der Waals surface area contributed by atoms with E-state index in [0.29, 0.717) is 16.3 Å². The molecule has 2 aromatic rings. The molecule has 0 unspecified atom stereocenters. The second-order valence-corrected chi connectivity index (χ2v) is 7.43. The third-order valence-corrected chi connectivity index (χ3v) is 5.60. The van der Waals surface area contributed by atoms with Crippen molar-refractivity contribution in [3.05, 3.63) is 39.0 Å². The van der Waals surface area contributed by atoms with Gasteiger partial charge in [0.25, 0.3) is 10.0 Å². The number of methoxy groups -OCH3 is 1. The molecule has 0 fully saturated rings. The van der Waals surface area contributed by atoms with E-state index in [4.69, 9.17) is 10.5 Å². The lowest BCUT2D eigenvalue weighted by atomic mass is 10.3. The molecule has 1 heterocycles. The summed E-state index contributed by atoms with van der Waals surface area (Å²) < 4.78 is 33.2. The molecule has 108 valence electrons. The van der Waals surface area contributed by atoms with Crippen LogP contribution in [0.3, 0.4) is 0 Å². The molecule has 0 radical (unpaired) electrons. The van der Waals surface area contributed by atoms with Gasteiger partial charge in [-0.2, -0.15) is 0 Å². The molecule has 0 bridgehead atoms. The van der Waals surface area contributed by atoms with Crippen LogP contribution in [-0.4, -0.2) is 15.5 Å². The van der Waals surface area contributed by atoms with Gasteiger partial charge >= 0.3 is 0 Å². The van der Waals surface area contributed by atoms with Crippen LogP contribution in [0.15, 0.2) is 39.0 Å². The van der Waals surface area contributed by atoms with Crippen LogP contribution in [0.1, 0.15) is 4.88 Å². The van der Waals surface area contributed by atoms with Gasteiger partial charge in [0.2, 0.25) is 0 Å². The van der Waals surface area contributed by atoms with Crippen LogP contribution in [0, 0.1) is 0 Å². The van der Waals surface area contributed by atoms with Crippen molar-refractivity contribution in [2.75, 3.05) is 11.8 Å². The monoisotopic (exact) mass is 376 g/mol. The van der Waals surface area contributed by atoms with Crippen molar-refractivity contribution in [2.45, 2.75) is 11.4 Å². The second-order valence-electron chi connectivity index (χ2n) is 3.86. The Kier molecular flexibility index (Phi) is 4.69. The number of thiophene rings is 1. The van der Waals surface area contributed by atoms with E-state index < -0.39 is 10.0 Å². The first kappa shape index (κ1) is 15.3. The molecular formula is C12H13BrN2O3S2. The molecule has 0 spiro atoms. The fourth-order valence-electron chi connectivity index (χ4n) is 1.68. The Morgan fingerprint density at radius 3 is 2.80 bits per heavy atom. The van der Waals surface area contributed by atoms with E-state index >= 15 is 0 Å². The van der Waals surface area contributed by atoms with E-state index in [2.05, 4.69) is 20.7 Å². The first-order valence-electron chi connectivity index (χ1n) is 5.60. The summed E-state index contributed by atoms with van der Waals surface area (Å²) in [5.74, 6) is 0.446. The molecule has 0 saturated carbocycles. The van der Waals surface area contributed by atoms with Crippen molar-refractivity contribution >= 4 is 43.0 Å². The van der Waals surface area contributed by atoms with Gasteiger partial charge in [-0.1, -0.05) is 15.9 Å². The molecule has 3 N–H and O–H groups in total. The molecule has 0 aliphatic rings. The number of anilines is 1. The van der Waals surface area contributed by atoms with Crippen LogP contribution in [0.5, 0.6) is 5.75 Å². The van der Waals surface area contributed by atoms with Gasteiger partial charge in [-0.15, -0.1) is 11.3 Å². The number of rotatable bonds is 5. The van der Waals surface area contributed by atoms with Gasteiger partial charge in [0, 0.05) is 15.9 Å². The molecule has 8 heteroatoms. The maximum atomic E-state index is 12.4. The van der Waals surface area contributed by atoms with Crippen LogP contribution in [-0.2, 0) is 16.6 Å². The third kappa shape index (κ3) is 3.14. The summed E-state index contributed by atoms with van der Waals surface area (Å²) in [6.07, 6.45) is 0. The Balaban J connectivity index is 2.41. The van der Waals surface area contributed by atoms with Gasteiger partial charge in [0.1, 0.15) is 10.6 Å². The third-order valence-electron chi connectivity index (χ3n) is 2.59. The number of nitrogens with one attached hydrogen (secondary N) is 1. The highest BCUT2D eigenvalue weighted by atomic mass is 79.9. The van der Waals surface area contributed by atoms with Crippen molar-refractivity contribution < 1.29 is 13.2 Å². The Labute approximate surface area is 129 Å². The average Bonchev–Trinajstić information content (AvgIpc) is 2.87. The molecular weight excluding hydrogens is 364 g/mol. The molecule has 0 aliphatic heterocycles. The summed E-state index contributed by atoms with van der Waals surface area (Å²) in [5.41, 5.74) is 5.92. The van der Waals surface area contributed by atoms with Gasteiger partial charge in [-0.3, -0.25) is 4.72 Å². The Morgan fingerprint density at radius 2 is 2.15 bits per heavy atom.